The van der Waals surface area contributed by atoms with Crippen molar-refractivity contribution in [2.75, 3.05) is 13.6 Å². The molecule has 0 fully saturated rings. The first-order valence-corrected chi connectivity index (χ1v) is 5.28. The third-order valence-electron chi connectivity index (χ3n) is 2.50. The number of hydrogen-bond acceptors (Lipinski definition) is 2. The molecule has 1 aromatic rings. The number of benzene rings is 1. The molecule has 0 heterocycles. The quantitative estimate of drug-likeness (QED) is 0.747. The Bertz CT molecular complexity index is 250. The lowest BCUT2D eigenvalue weighted by Crippen LogP contribution is -2.24. The molecule has 0 saturated carbocycles. The maximum absolute atomic E-state index is 5.65. The van der Waals surface area contributed by atoms with Crippen LogP contribution in [0.3, 0.4) is 0 Å². The summed E-state index contributed by atoms with van der Waals surface area (Å²) in [5.74, 6) is 0. The molecule has 0 amide bonds. The predicted molar refractivity (Wildman–Crippen MR) is 61.3 cm³/mol. The van der Waals surface area contributed by atoms with E-state index in [-0.39, 0.29) is 6.04 Å². The van der Waals surface area contributed by atoms with Crippen molar-refractivity contribution in [2.45, 2.75) is 25.8 Å². The maximum atomic E-state index is 5.65. The van der Waals surface area contributed by atoms with Gasteiger partial charge in [0.15, 0.2) is 0 Å². The standard InChI is InChI=1S/C12H20N2/c1-3-4-10-5-7-11(8-6-10)12(9-13)14-2/h5-8,12,14H,3-4,9,13H2,1-2H3. The average molecular weight is 192 g/mol. The van der Waals surface area contributed by atoms with Crippen LogP contribution in [0.15, 0.2) is 24.3 Å². The first kappa shape index (κ1) is 11.2. The van der Waals surface area contributed by atoms with Crippen molar-refractivity contribution in [3.8, 4) is 0 Å². The monoisotopic (exact) mass is 192 g/mol. The number of nitrogens with two attached hydrogens (primary N) is 1. The highest BCUT2D eigenvalue weighted by molar-refractivity contribution is 5.25. The molecule has 78 valence electrons. The molecule has 14 heavy (non-hydrogen) atoms. The van der Waals surface area contributed by atoms with Gasteiger partial charge in [-0.1, -0.05) is 37.6 Å². The summed E-state index contributed by atoms with van der Waals surface area (Å²) in [6.07, 6.45) is 2.36. The highest BCUT2D eigenvalue weighted by Gasteiger charge is 2.05. The predicted octanol–water partition coefficient (Wildman–Crippen LogP) is 1.86. The summed E-state index contributed by atoms with van der Waals surface area (Å²) in [7, 11) is 1.94. The summed E-state index contributed by atoms with van der Waals surface area (Å²) in [5.41, 5.74) is 8.33. The Morgan fingerprint density at radius 3 is 2.36 bits per heavy atom. The van der Waals surface area contributed by atoms with Crippen LogP contribution in [0.4, 0.5) is 0 Å². The molecule has 3 N–H and O–H groups in total. The van der Waals surface area contributed by atoms with E-state index in [0.29, 0.717) is 6.54 Å². The van der Waals surface area contributed by atoms with E-state index in [1.807, 2.05) is 7.05 Å². The van der Waals surface area contributed by atoms with Gasteiger partial charge in [0.2, 0.25) is 0 Å². The molecule has 0 radical (unpaired) electrons. The third kappa shape index (κ3) is 2.82. The van der Waals surface area contributed by atoms with Crippen molar-refractivity contribution in [1.82, 2.24) is 5.32 Å². The Morgan fingerprint density at radius 1 is 1.29 bits per heavy atom. The van der Waals surface area contributed by atoms with E-state index in [1.54, 1.807) is 0 Å². The van der Waals surface area contributed by atoms with Gasteiger partial charge in [0.25, 0.3) is 0 Å². The normalized spacial score (nSPS) is 12.8. The first-order chi connectivity index (χ1) is 6.81. The number of likely N-dealkylation sites (N-methyl/N-ethyl adjacent to an activating group) is 1. The number of hydrogen-bond donors (Lipinski definition) is 2. The van der Waals surface area contributed by atoms with Gasteiger partial charge < -0.3 is 11.1 Å². The van der Waals surface area contributed by atoms with Crippen LogP contribution in [0.2, 0.25) is 0 Å². The van der Waals surface area contributed by atoms with Crippen molar-refractivity contribution in [1.29, 1.82) is 0 Å². The lowest BCUT2D eigenvalue weighted by Gasteiger charge is -2.14. The fourth-order valence-electron chi connectivity index (χ4n) is 1.63. The van der Waals surface area contributed by atoms with E-state index in [1.165, 1.54) is 17.5 Å². The van der Waals surface area contributed by atoms with Gasteiger partial charge in [-0.2, -0.15) is 0 Å². The van der Waals surface area contributed by atoms with Gasteiger partial charge in [0.05, 0.1) is 0 Å². The van der Waals surface area contributed by atoms with Gasteiger partial charge in [-0.05, 0) is 24.6 Å². The van der Waals surface area contributed by atoms with Gasteiger partial charge in [-0.3, -0.25) is 0 Å². The molecule has 0 aliphatic heterocycles. The Labute approximate surface area is 86.5 Å². The summed E-state index contributed by atoms with van der Waals surface area (Å²) < 4.78 is 0. The van der Waals surface area contributed by atoms with Crippen LogP contribution in [0.1, 0.15) is 30.5 Å². The van der Waals surface area contributed by atoms with E-state index < -0.39 is 0 Å². The minimum atomic E-state index is 0.283. The Balaban J connectivity index is 2.71. The molecule has 2 heteroatoms. The maximum Gasteiger partial charge on any atom is 0.0442 e. The second-order valence-corrected chi connectivity index (χ2v) is 3.57. The second-order valence-electron chi connectivity index (χ2n) is 3.57. The topological polar surface area (TPSA) is 38.0 Å². The number of rotatable bonds is 5. The van der Waals surface area contributed by atoms with Gasteiger partial charge in [-0.15, -0.1) is 0 Å². The number of aryl methyl sites for hydroxylation is 1. The van der Waals surface area contributed by atoms with Gasteiger partial charge in [-0.25, -0.2) is 0 Å². The summed E-state index contributed by atoms with van der Waals surface area (Å²) in [6.45, 7) is 2.84. The number of nitrogens with one attached hydrogen (secondary N) is 1. The zero-order valence-electron chi connectivity index (χ0n) is 9.09. The van der Waals surface area contributed by atoms with E-state index >= 15 is 0 Å². The second kappa shape index (κ2) is 5.78. The Morgan fingerprint density at radius 2 is 1.93 bits per heavy atom. The minimum Gasteiger partial charge on any atom is -0.329 e. The van der Waals surface area contributed by atoms with Crippen LogP contribution in [-0.4, -0.2) is 13.6 Å². The molecule has 0 aliphatic rings. The van der Waals surface area contributed by atoms with E-state index in [9.17, 15) is 0 Å². The highest BCUT2D eigenvalue weighted by atomic mass is 14.9. The fourth-order valence-corrected chi connectivity index (χ4v) is 1.63. The molecular formula is C12H20N2. The van der Waals surface area contributed by atoms with Crippen molar-refractivity contribution in [3.05, 3.63) is 35.4 Å². The molecule has 1 rings (SSSR count). The molecule has 1 aromatic carbocycles. The van der Waals surface area contributed by atoms with E-state index in [2.05, 4.69) is 36.5 Å². The van der Waals surface area contributed by atoms with Crippen LogP contribution in [0, 0.1) is 0 Å². The molecule has 1 atom stereocenters. The largest absolute Gasteiger partial charge is 0.329 e. The zero-order chi connectivity index (χ0) is 10.4. The van der Waals surface area contributed by atoms with Crippen molar-refractivity contribution in [2.24, 2.45) is 5.73 Å². The fraction of sp³-hybridized carbons (Fsp3) is 0.500. The van der Waals surface area contributed by atoms with Crippen LogP contribution < -0.4 is 11.1 Å². The van der Waals surface area contributed by atoms with Crippen LogP contribution in [0.5, 0.6) is 0 Å². The lowest BCUT2D eigenvalue weighted by atomic mass is 10.0. The van der Waals surface area contributed by atoms with Crippen LogP contribution in [-0.2, 0) is 6.42 Å². The van der Waals surface area contributed by atoms with Crippen molar-refractivity contribution >= 4 is 0 Å². The van der Waals surface area contributed by atoms with Crippen LogP contribution in [0.25, 0.3) is 0 Å². The van der Waals surface area contributed by atoms with Gasteiger partial charge in [0.1, 0.15) is 0 Å². The first-order valence-electron chi connectivity index (χ1n) is 5.28. The van der Waals surface area contributed by atoms with Crippen molar-refractivity contribution in [3.63, 3.8) is 0 Å². The SMILES string of the molecule is CCCc1ccc(C(CN)NC)cc1. The van der Waals surface area contributed by atoms with E-state index in [0.717, 1.165) is 6.42 Å². The van der Waals surface area contributed by atoms with Gasteiger partial charge in [0, 0.05) is 12.6 Å². The summed E-state index contributed by atoms with van der Waals surface area (Å²) in [5, 5.41) is 3.19. The smallest absolute Gasteiger partial charge is 0.0442 e. The Kier molecular flexibility index (Phi) is 4.63. The highest BCUT2D eigenvalue weighted by Crippen LogP contribution is 2.13. The molecule has 2 nitrogen and oxygen atoms in total. The molecule has 1 unspecified atom stereocenters. The average Bonchev–Trinajstić information content (AvgIpc) is 2.23. The van der Waals surface area contributed by atoms with Crippen molar-refractivity contribution < 1.29 is 0 Å². The summed E-state index contributed by atoms with van der Waals surface area (Å²) in [4.78, 5) is 0. The molecule has 0 bridgehead atoms. The molecular weight excluding hydrogens is 172 g/mol. The lowest BCUT2D eigenvalue weighted by molar-refractivity contribution is 0.605. The minimum absolute atomic E-state index is 0.283. The van der Waals surface area contributed by atoms with Gasteiger partial charge >= 0.3 is 0 Å². The van der Waals surface area contributed by atoms with Crippen LogP contribution >= 0.6 is 0 Å². The zero-order valence-corrected chi connectivity index (χ0v) is 9.09. The molecule has 0 aromatic heterocycles. The Hall–Kier alpha value is -0.860. The molecule has 0 saturated heterocycles. The summed E-state index contributed by atoms with van der Waals surface area (Å²) in [6, 6.07) is 9.00. The molecule has 0 spiro atoms. The third-order valence-corrected chi connectivity index (χ3v) is 2.50. The molecule has 0 aliphatic carbocycles. The summed E-state index contributed by atoms with van der Waals surface area (Å²) >= 11 is 0. The van der Waals surface area contributed by atoms with E-state index in [4.69, 9.17) is 5.73 Å².